The minimum atomic E-state index is -0.457. The number of hydrogen-bond acceptors (Lipinski definition) is 10. The van der Waals surface area contributed by atoms with E-state index in [2.05, 4.69) is 17.5 Å². The van der Waals surface area contributed by atoms with Crippen LogP contribution in [-0.4, -0.2) is 74.9 Å². The highest BCUT2D eigenvalue weighted by Gasteiger charge is 2.08. The van der Waals surface area contributed by atoms with Crippen LogP contribution in [0.5, 0.6) is 5.75 Å². The molecule has 1 aromatic rings. The predicted molar refractivity (Wildman–Crippen MR) is 147 cm³/mol. The standard InChI is InChI=1S/C28H43N3O8/c1-4-23(20-29)21(2)9-11-26(33)38-17-15-36-13-6-14-37-16-18-39-27(34)12-10-22(3)30-31-28(35)24-7-5-8-25(32)19-24/h5,7-8,19,32H,4,6,9-18,20,29H2,1-3H3,(H,31,35)/b23-21-,30-22+. The fraction of sp³-hybridized carbons (Fsp3) is 0.571. The van der Waals surface area contributed by atoms with Crippen molar-refractivity contribution >= 4 is 23.6 Å². The Labute approximate surface area is 230 Å². The normalized spacial score (nSPS) is 12.1. The molecular weight excluding hydrogens is 506 g/mol. The molecule has 1 aromatic carbocycles. The van der Waals surface area contributed by atoms with Gasteiger partial charge in [0.2, 0.25) is 0 Å². The van der Waals surface area contributed by atoms with Gasteiger partial charge in [0.15, 0.2) is 0 Å². The summed E-state index contributed by atoms with van der Waals surface area (Å²) in [6.07, 6.45) is 3.00. The number of nitrogens with two attached hydrogens (primary N) is 1. The number of aromatic hydroxyl groups is 1. The molecule has 0 bridgehead atoms. The molecule has 0 aliphatic carbocycles. The van der Waals surface area contributed by atoms with E-state index < -0.39 is 5.91 Å². The van der Waals surface area contributed by atoms with Crippen LogP contribution in [0.1, 0.15) is 69.7 Å². The molecule has 1 rings (SSSR count). The van der Waals surface area contributed by atoms with Gasteiger partial charge in [-0.15, -0.1) is 0 Å². The quantitative estimate of drug-likeness (QED) is 0.0729. The van der Waals surface area contributed by atoms with Crippen molar-refractivity contribution < 1.29 is 38.4 Å². The number of allylic oxidation sites excluding steroid dienone is 1. The number of hydrazone groups is 1. The summed E-state index contributed by atoms with van der Waals surface area (Å²) in [7, 11) is 0. The summed E-state index contributed by atoms with van der Waals surface area (Å²) < 4.78 is 21.1. The number of ether oxygens (including phenoxy) is 4. The third kappa shape index (κ3) is 16.3. The van der Waals surface area contributed by atoms with Gasteiger partial charge >= 0.3 is 11.9 Å². The molecule has 0 fully saturated rings. The number of rotatable bonds is 20. The minimum Gasteiger partial charge on any atom is -0.508 e. The first-order valence-electron chi connectivity index (χ1n) is 13.2. The van der Waals surface area contributed by atoms with Gasteiger partial charge in [-0.1, -0.05) is 24.1 Å². The number of phenolic OH excluding ortho intramolecular Hbond substituents is 1. The van der Waals surface area contributed by atoms with E-state index in [0.717, 1.165) is 12.0 Å². The van der Waals surface area contributed by atoms with E-state index in [1.807, 2.05) is 6.92 Å². The molecule has 11 nitrogen and oxygen atoms in total. The first-order chi connectivity index (χ1) is 18.8. The van der Waals surface area contributed by atoms with E-state index in [9.17, 15) is 19.5 Å². The molecule has 0 spiro atoms. The highest BCUT2D eigenvalue weighted by atomic mass is 16.6. The number of nitrogens with one attached hydrogen (secondary N) is 1. The molecule has 11 heteroatoms. The molecule has 218 valence electrons. The van der Waals surface area contributed by atoms with Gasteiger partial charge in [-0.05, 0) is 57.7 Å². The van der Waals surface area contributed by atoms with Crippen molar-refractivity contribution in [1.82, 2.24) is 5.43 Å². The molecule has 0 saturated carbocycles. The fourth-order valence-electron chi connectivity index (χ4n) is 3.32. The summed E-state index contributed by atoms with van der Waals surface area (Å²) in [5, 5.41) is 13.4. The predicted octanol–water partition coefficient (Wildman–Crippen LogP) is 3.25. The number of carbonyl (C=O) groups excluding carboxylic acids is 3. The van der Waals surface area contributed by atoms with Gasteiger partial charge in [-0.3, -0.25) is 14.4 Å². The summed E-state index contributed by atoms with van der Waals surface area (Å²) in [5.74, 6) is -1.10. The average Bonchev–Trinajstić information content (AvgIpc) is 2.92. The van der Waals surface area contributed by atoms with Crippen molar-refractivity contribution in [1.29, 1.82) is 0 Å². The number of carbonyl (C=O) groups is 3. The summed E-state index contributed by atoms with van der Waals surface area (Å²) in [5.41, 5.74) is 11.2. The van der Waals surface area contributed by atoms with Crippen molar-refractivity contribution in [2.45, 2.75) is 59.3 Å². The highest BCUT2D eigenvalue weighted by molar-refractivity contribution is 5.95. The molecule has 0 saturated heterocycles. The Morgan fingerprint density at radius 1 is 0.897 bits per heavy atom. The second kappa shape index (κ2) is 20.7. The van der Waals surface area contributed by atoms with E-state index in [-0.39, 0.29) is 49.5 Å². The Hall–Kier alpha value is -3.28. The van der Waals surface area contributed by atoms with Crippen molar-refractivity contribution in [3.63, 3.8) is 0 Å². The van der Waals surface area contributed by atoms with E-state index in [0.29, 0.717) is 57.8 Å². The number of nitrogens with zero attached hydrogens (tertiary/aromatic N) is 1. The van der Waals surface area contributed by atoms with Gasteiger partial charge < -0.3 is 29.8 Å². The Balaban J connectivity index is 1.99. The monoisotopic (exact) mass is 549 g/mol. The van der Waals surface area contributed by atoms with E-state index in [4.69, 9.17) is 24.7 Å². The van der Waals surface area contributed by atoms with Gasteiger partial charge in [0, 0.05) is 37.5 Å². The van der Waals surface area contributed by atoms with Gasteiger partial charge in [-0.2, -0.15) is 5.10 Å². The third-order valence-electron chi connectivity index (χ3n) is 5.69. The number of benzene rings is 1. The third-order valence-corrected chi connectivity index (χ3v) is 5.69. The van der Waals surface area contributed by atoms with Gasteiger partial charge in [-0.25, -0.2) is 5.43 Å². The van der Waals surface area contributed by atoms with Crippen LogP contribution in [0.2, 0.25) is 0 Å². The molecule has 1 amide bonds. The van der Waals surface area contributed by atoms with Crippen LogP contribution < -0.4 is 11.2 Å². The molecule has 0 aliphatic heterocycles. The molecule has 39 heavy (non-hydrogen) atoms. The van der Waals surface area contributed by atoms with E-state index >= 15 is 0 Å². The fourth-order valence-corrected chi connectivity index (χ4v) is 3.32. The Morgan fingerprint density at radius 2 is 1.51 bits per heavy atom. The van der Waals surface area contributed by atoms with Crippen LogP contribution in [0.25, 0.3) is 0 Å². The molecule has 0 aromatic heterocycles. The van der Waals surface area contributed by atoms with Crippen molar-refractivity contribution in [3.05, 3.63) is 41.0 Å². The van der Waals surface area contributed by atoms with E-state index in [1.165, 1.54) is 17.7 Å². The molecule has 0 heterocycles. The largest absolute Gasteiger partial charge is 0.508 e. The lowest BCUT2D eigenvalue weighted by molar-refractivity contribution is -0.145. The first kappa shape index (κ1) is 33.7. The lowest BCUT2D eigenvalue weighted by Crippen LogP contribution is -2.19. The summed E-state index contributed by atoms with van der Waals surface area (Å²) in [6.45, 7) is 8.12. The lowest BCUT2D eigenvalue weighted by atomic mass is 10.0. The Morgan fingerprint density at radius 3 is 2.08 bits per heavy atom. The summed E-state index contributed by atoms with van der Waals surface area (Å²) >= 11 is 0. The van der Waals surface area contributed by atoms with Gasteiger partial charge in [0.1, 0.15) is 19.0 Å². The van der Waals surface area contributed by atoms with Crippen LogP contribution >= 0.6 is 0 Å². The lowest BCUT2D eigenvalue weighted by Gasteiger charge is -2.09. The highest BCUT2D eigenvalue weighted by Crippen LogP contribution is 2.13. The van der Waals surface area contributed by atoms with Crippen molar-refractivity contribution in [3.8, 4) is 5.75 Å². The summed E-state index contributed by atoms with van der Waals surface area (Å²) in [4.78, 5) is 35.6. The molecule has 0 atom stereocenters. The number of amides is 1. The zero-order chi connectivity index (χ0) is 28.9. The maximum absolute atomic E-state index is 12.0. The minimum absolute atomic E-state index is 0.0118. The molecular formula is C28H43N3O8. The van der Waals surface area contributed by atoms with Crippen molar-refractivity contribution in [2.75, 3.05) is 46.2 Å². The van der Waals surface area contributed by atoms with Crippen molar-refractivity contribution in [2.24, 2.45) is 10.8 Å². The Kier molecular flexibility index (Phi) is 17.9. The topological polar surface area (TPSA) is 159 Å². The second-order valence-corrected chi connectivity index (χ2v) is 8.80. The molecule has 0 unspecified atom stereocenters. The molecule has 0 radical (unpaired) electrons. The SMILES string of the molecule is CC/C(CN)=C(\C)CCC(=O)OCCOCCCOCCOC(=O)CC/C(C)=N/NC(=O)c1cccc(O)c1. The zero-order valence-electron chi connectivity index (χ0n) is 23.3. The van der Waals surface area contributed by atoms with Gasteiger partial charge in [0.25, 0.3) is 5.91 Å². The van der Waals surface area contributed by atoms with Crippen LogP contribution in [0.4, 0.5) is 0 Å². The number of phenols is 1. The van der Waals surface area contributed by atoms with Crippen LogP contribution in [0.3, 0.4) is 0 Å². The molecule has 0 aliphatic rings. The van der Waals surface area contributed by atoms with Crippen LogP contribution in [0.15, 0.2) is 40.5 Å². The van der Waals surface area contributed by atoms with E-state index in [1.54, 1.807) is 19.1 Å². The summed E-state index contributed by atoms with van der Waals surface area (Å²) in [6, 6.07) is 5.92. The smallest absolute Gasteiger partial charge is 0.306 e. The zero-order valence-corrected chi connectivity index (χ0v) is 23.3. The Bertz CT molecular complexity index is 956. The number of hydrogen-bond donors (Lipinski definition) is 3. The first-order valence-corrected chi connectivity index (χ1v) is 13.2. The number of esters is 2. The van der Waals surface area contributed by atoms with Gasteiger partial charge in [0.05, 0.1) is 19.6 Å². The second-order valence-electron chi connectivity index (χ2n) is 8.80. The van der Waals surface area contributed by atoms with Crippen LogP contribution in [-0.2, 0) is 28.5 Å². The maximum Gasteiger partial charge on any atom is 0.306 e. The van der Waals surface area contributed by atoms with Crippen LogP contribution in [0, 0.1) is 0 Å². The molecule has 4 N–H and O–H groups in total. The average molecular weight is 550 g/mol. The maximum atomic E-state index is 12.0.